The molecule has 0 saturated heterocycles. The predicted molar refractivity (Wildman–Crippen MR) is 69.7 cm³/mol. The molecule has 1 unspecified atom stereocenters. The summed E-state index contributed by atoms with van der Waals surface area (Å²) in [4.78, 5) is 22.7. The van der Waals surface area contributed by atoms with Gasteiger partial charge in [-0.3, -0.25) is 4.79 Å². The maximum Gasteiger partial charge on any atom is 0.335 e. The minimum Gasteiger partial charge on any atom is -0.495 e. The van der Waals surface area contributed by atoms with E-state index in [9.17, 15) is 9.59 Å². The van der Waals surface area contributed by atoms with Crippen LogP contribution in [0, 0.1) is 0 Å². The van der Waals surface area contributed by atoms with Gasteiger partial charge in [0.25, 0.3) is 5.91 Å². The lowest BCUT2D eigenvalue weighted by Gasteiger charge is -2.15. The molecule has 0 heterocycles. The van der Waals surface area contributed by atoms with Crippen LogP contribution in [-0.4, -0.2) is 37.3 Å². The van der Waals surface area contributed by atoms with E-state index < -0.39 is 12.1 Å². The van der Waals surface area contributed by atoms with Gasteiger partial charge < -0.3 is 19.9 Å². The Balaban J connectivity index is 2.95. The van der Waals surface area contributed by atoms with E-state index in [1.807, 2.05) is 6.92 Å². The van der Waals surface area contributed by atoms with Crippen molar-refractivity contribution in [2.75, 3.05) is 19.5 Å². The normalized spacial score (nSPS) is 11.7. The summed E-state index contributed by atoms with van der Waals surface area (Å²) >= 11 is 0. The molecule has 0 aliphatic carbocycles. The number of hydrogen-bond donors (Lipinski definition) is 2. The van der Waals surface area contributed by atoms with E-state index in [1.54, 1.807) is 0 Å². The van der Waals surface area contributed by atoms with Crippen molar-refractivity contribution in [3.05, 3.63) is 23.8 Å². The van der Waals surface area contributed by atoms with Crippen molar-refractivity contribution in [3.8, 4) is 5.75 Å². The zero-order valence-electron chi connectivity index (χ0n) is 11.1. The van der Waals surface area contributed by atoms with E-state index in [0.717, 1.165) is 0 Å². The molecule has 0 aliphatic heterocycles. The van der Waals surface area contributed by atoms with E-state index in [1.165, 1.54) is 32.4 Å². The number of amides is 1. The third-order valence-electron chi connectivity index (χ3n) is 2.65. The van der Waals surface area contributed by atoms with E-state index >= 15 is 0 Å². The summed E-state index contributed by atoms with van der Waals surface area (Å²) in [6.07, 6.45) is -0.0124. The van der Waals surface area contributed by atoms with Crippen LogP contribution in [0.1, 0.15) is 23.7 Å². The summed E-state index contributed by atoms with van der Waals surface area (Å²) in [5.41, 5.74) is 0.502. The van der Waals surface area contributed by atoms with Crippen LogP contribution in [0.5, 0.6) is 5.75 Å². The number of anilines is 1. The number of carboxylic acid groups (broad SMARTS) is 1. The first-order chi connectivity index (χ1) is 9.03. The smallest absolute Gasteiger partial charge is 0.335 e. The Bertz CT molecular complexity index is 468. The van der Waals surface area contributed by atoms with Gasteiger partial charge in [0, 0.05) is 7.11 Å². The van der Waals surface area contributed by atoms with Gasteiger partial charge in [-0.25, -0.2) is 4.79 Å². The highest BCUT2D eigenvalue weighted by Crippen LogP contribution is 2.26. The number of ether oxygens (including phenoxy) is 2. The molecule has 0 aliphatic rings. The van der Waals surface area contributed by atoms with Crippen LogP contribution >= 0.6 is 0 Å². The Morgan fingerprint density at radius 3 is 2.53 bits per heavy atom. The number of carboxylic acids is 1. The summed E-state index contributed by atoms with van der Waals surface area (Å²) in [7, 11) is 2.86. The largest absolute Gasteiger partial charge is 0.495 e. The van der Waals surface area contributed by atoms with Crippen LogP contribution in [0.4, 0.5) is 5.69 Å². The quantitative estimate of drug-likeness (QED) is 0.820. The second-order valence-corrected chi connectivity index (χ2v) is 3.84. The van der Waals surface area contributed by atoms with E-state index in [4.69, 9.17) is 14.6 Å². The molecule has 0 saturated carbocycles. The number of carbonyl (C=O) groups is 2. The van der Waals surface area contributed by atoms with Crippen molar-refractivity contribution in [2.24, 2.45) is 0 Å². The number of benzene rings is 1. The molecule has 0 fully saturated rings. The molecule has 6 heteroatoms. The van der Waals surface area contributed by atoms with Crippen LogP contribution in [0.2, 0.25) is 0 Å². The summed E-state index contributed by atoms with van der Waals surface area (Å²) < 4.78 is 10.1. The average molecular weight is 267 g/mol. The zero-order valence-corrected chi connectivity index (χ0v) is 11.1. The van der Waals surface area contributed by atoms with Gasteiger partial charge >= 0.3 is 5.97 Å². The number of nitrogens with one attached hydrogen (secondary N) is 1. The first kappa shape index (κ1) is 15.0. The predicted octanol–water partition coefficient (Wildman–Crippen LogP) is 1.76. The zero-order chi connectivity index (χ0) is 14.4. The second kappa shape index (κ2) is 6.75. The van der Waals surface area contributed by atoms with Gasteiger partial charge in [-0.15, -0.1) is 0 Å². The summed E-state index contributed by atoms with van der Waals surface area (Å²) in [6, 6.07) is 4.24. The van der Waals surface area contributed by atoms with Gasteiger partial charge in [0.05, 0.1) is 18.4 Å². The summed E-state index contributed by atoms with van der Waals surface area (Å²) in [5, 5.41) is 11.5. The molecule has 0 bridgehead atoms. The average Bonchev–Trinajstić information content (AvgIpc) is 2.40. The fraction of sp³-hybridized carbons (Fsp3) is 0.385. The Hall–Kier alpha value is -2.08. The number of methoxy groups -OCH3 is 2. The van der Waals surface area contributed by atoms with Crippen LogP contribution in [0.25, 0.3) is 0 Å². The molecule has 1 amide bonds. The Morgan fingerprint density at radius 2 is 2.05 bits per heavy atom. The van der Waals surface area contributed by atoms with Crippen molar-refractivity contribution in [1.29, 1.82) is 0 Å². The number of hydrogen-bond acceptors (Lipinski definition) is 4. The van der Waals surface area contributed by atoms with Crippen molar-refractivity contribution in [2.45, 2.75) is 19.4 Å². The van der Waals surface area contributed by atoms with Gasteiger partial charge in [-0.2, -0.15) is 0 Å². The molecule has 0 aromatic heterocycles. The number of rotatable bonds is 6. The van der Waals surface area contributed by atoms with Crippen molar-refractivity contribution in [3.63, 3.8) is 0 Å². The van der Waals surface area contributed by atoms with Gasteiger partial charge in [0.15, 0.2) is 0 Å². The van der Waals surface area contributed by atoms with Crippen molar-refractivity contribution >= 4 is 17.6 Å². The minimum atomic E-state index is -1.06. The maximum absolute atomic E-state index is 11.9. The molecule has 2 N–H and O–H groups in total. The van der Waals surface area contributed by atoms with E-state index in [0.29, 0.717) is 17.9 Å². The summed E-state index contributed by atoms with van der Waals surface area (Å²) in [6.45, 7) is 1.83. The van der Waals surface area contributed by atoms with E-state index in [2.05, 4.69) is 5.32 Å². The summed E-state index contributed by atoms with van der Waals surface area (Å²) in [5.74, 6) is -1.06. The lowest BCUT2D eigenvalue weighted by Crippen LogP contribution is -2.29. The van der Waals surface area contributed by atoms with Crippen LogP contribution < -0.4 is 10.1 Å². The molecule has 1 rings (SSSR count). The van der Waals surface area contributed by atoms with Crippen LogP contribution in [-0.2, 0) is 9.53 Å². The van der Waals surface area contributed by atoms with Gasteiger partial charge in [0.2, 0.25) is 0 Å². The van der Waals surface area contributed by atoms with Crippen molar-refractivity contribution in [1.82, 2.24) is 0 Å². The molecule has 0 spiro atoms. The van der Waals surface area contributed by atoms with Crippen molar-refractivity contribution < 1.29 is 24.2 Å². The third kappa shape index (κ3) is 3.69. The molecule has 0 radical (unpaired) electrons. The van der Waals surface area contributed by atoms with Crippen LogP contribution in [0.15, 0.2) is 18.2 Å². The van der Waals surface area contributed by atoms with Crippen LogP contribution in [0.3, 0.4) is 0 Å². The lowest BCUT2D eigenvalue weighted by molar-refractivity contribution is -0.125. The Kier molecular flexibility index (Phi) is 5.32. The Labute approximate surface area is 111 Å². The molecule has 1 aromatic carbocycles. The fourth-order valence-electron chi connectivity index (χ4n) is 1.60. The maximum atomic E-state index is 11.9. The highest BCUT2D eigenvalue weighted by Gasteiger charge is 2.17. The highest BCUT2D eigenvalue weighted by atomic mass is 16.5. The van der Waals surface area contributed by atoms with Gasteiger partial charge in [-0.05, 0) is 24.6 Å². The number of aromatic carboxylic acids is 1. The molecule has 1 atom stereocenters. The lowest BCUT2D eigenvalue weighted by atomic mass is 10.1. The molecular weight excluding hydrogens is 250 g/mol. The first-order valence-electron chi connectivity index (χ1n) is 5.78. The third-order valence-corrected chi connectivity index (χ3v) is 2.65. The minimum absolute atomic E-state index is 0.0913. The topological polar surface area (TPSA) is 84.9 Å². The Morgan fingerprint density at radius 1 is 1.37 bits per heavy atom. The molecule has 1 aromatic rings. The molecule has 19 heavy (non-hydrogen) atoms. The molecular formula is C13H17NO5. The van der Waals surface area contributed by atoms with Gasteiger partial charge in [0.1, 0.15) is 11.9 Å². The second-order valence-electron chi connectivity index (χ2n) is 3.84. The monoisotopic (exact) mass is 267 g/mol. The molecule has 104 valence electrons. The first-order valence-corrected chi connectivity index (χ1v) is 5.78. The highest BCUT2D eigenvalue weighted by molar-refractivity contribution is 5.96. The van der Waals surface area contributed by atoms with Gasteiger partial charge in [-0.1, -0.05) is 6.92 Å². The molecule has 6 nitrogen and oxygen atoms in total. The fourth-order valence-corrected chi connectivity index (χ4v) is 1.60. The van der Waals surface area contributed by atoms with E-state index in [-0.39, 0.29) is 11.5 Å². The standard InChI is InChI=1S/C13H17NO5/c1-4-10(18-2)12(15)14-9-6-5-8(13(16)17)7-11(9)19-3/h5-7,10H,4H2,1-3H3,(H,14,15)(H,16,17). The number of carbonyl (C=O) groups excluding carboxylic acids is 1. The SMILES string of the molecule is CCC(OC)C(=O)Nc1ccc(C(=O)O)cc1OC.